The van der Waals surface area contributed by atoms with Crippen molar-refractivity contribution in [3.05, 3.63) is 70.9 Å². The molecule has 2 atom stereocenters. The third-order valence-electron chi connectivity index (χ3n) is 4.56. The fourth-order valence-corrected chi connectivity index (χ4v) is 3.34. The lowest BCUT2D eigenvalue weighted by Gasteiger charge is -2.28. The molecule has 2 aliphatic rings. The van der Waals surface area contributed by atoms with Crippen LogP contribution in [0.1, 0.15) is 30.5 Å². The molecule has 2 heterocycles. The topological polar surface area (TPSA) is 50.4 Å². The molecule has 2 N–H and O–H groups in total. The summed E-state index contributed by atoms with van der Waals surface area (Å²) in [7, 11) is 0. The molecule has 4 heteroatoms. The number of para-hydroxylation sites is 2. The summed E-state index contributed by atoms with van der Waals surface area (Å²) in [6.07, 6.45) is 0.576. The molecule has 0 aromatic heterocycles. The average Bonchev–Trinajstić information content (AvgIpc) is 2.72. The maximum Gasteiger partial charge on any atom is 0.338 e. The summed E-state index contributed by atoms with van der Waals surface area (Å²) in [6.45, 7) is 3.98. The summed E-state index contributed by atoms with van der Waals surface area (Å²) in [6, 6.07) is 16.1. The minimum absolute atomic E-state index is 0.118. The molecule has 0 radical (unpaired) electrons. The van der Waals surface area contributed by atoms with Gasteiger partial charge in [-0.25, -0.2) is 4.79 Å². The van der Waals surface area contributed by atoms with Crippen molar-refractivity contribution >= 4 is 17.3 Å². The standard InChI is InChI=1S/C20H20N2O2/c1-12-7-9-14(10-8-12)19-18-17(11-13(2)24-20(18)23)21-15-5-3-4-6-16(15)22-19/h3-10,13,19,21-22H,11H2,1-2H3/t13-,19-/m0/s1. The van der Waals surface area contributed by atoms with Gasteiger partial charge in [-0.1, -0.05) is 42.0 Å². The van der Waals surface area contributed by atoms with Gasteiger partial charge >= 0.3 is 5.97 Å². The third kappa shape index (κ3) is 2.54. The molecule has 24 heavy (non-hydrogen) atoms. The van der Waals surface area contributed by atoms with Crippen LogP contribution in [0.15, 0.2) is 59.8 Å². The van der Waals surface area contributed by atoms with Gasteiger partial charge in [-0.15, -0.1) is 0 Å². The molecule has 0 spiro atoms. The molecule has 4 rings (SSSR count). The molecule has 4 nitrogen and oxygen atoms in total. The van der Waals surface area contributed by atoms with Gasteiger partial charge < -0.3 is 15.4 Å². The first kappa shape index (κ1) is 14.8. The largest absolute Gasteiger partial charge is 0.459 e. The van der Waals surface area contributed by atoms with Gasteiger partial charge in [-0.05, 0) is 31.5 Å². The van der Waals surface area contributed by atoms with E-state index >= 15 is 0 Å². The van der Waals surface area contributed by atoms with E-state index in [4.69, 9.17) is 4.74 Å². The minimum Gasteiger partial charge on any atom is -0.459 e. The molecular weight excluding hydrogens is 300 g/mol. The Kier molecular flexibility index (Phi) is 3.53. The maximum atomic E-state index is 12.6. The van der Waals surface area contributed by atoms with Crippen molar-refractivity contribution in [1.29, 1.82) is 0 Å². The van der Waals surface area contributed by atoms with Crippen LogP contribution >= 0.6 is 0 Å². The Balaban J connectivity index is 1.87. The molecular formula is C20H20N2O2. The number of carbonyl (C=O) groups excluding carboxylic acids is 1. The van der Waals surface area contributed by atoms with E-state index in [2.05, 4.69) is 41.8 Å². The van der Waals surface area contributed by atoms with E-state index in [1.54, 1.807) is 0 Å². The number of benzene rings is 2. The number of aryl methyl sites for hydroxylation is 1. The van der Waals surface area contributed by atoms with Crippen molar-refractivity contribution in [1.82, 2.24) is 0 Å². The van der Waals surface area contributed by atoms with Gasteiger partial charge in [0.15, 0.2) is 0 Å². The predicted molar refractivity (Wildman–Crippen MR) is 94.8 cm³/mol. The van der Waals surface area contributed by atoms with Crippen LogP contribution in [0, 0.1) is 6.92 Å². The molecule has 0 amide bonds. The van der Waals surface area contributed by atoms with Crippen LogP contribution in [0.3, 0.4) is 0 Å². The van der Waals surface area contributed by atoms with Crippen LogP contribution in [0.2, 0.25) is 0 Å². The number of fused-ring (bicyclic) bond motifs is 1. The zero-order valence-corrected chi connectivity index (χ0v) is 13.8. The van der Waals surface area contributed by atoms with Crippen LogP contribution in [0.4, 0.5) is 11.4 Å². The summed E-state index contributed by atoms with van der Waals surface area (Å²) in [4.78, 5) is 12.6. The molecule has 0 bridgehead atoms. The molecule has 0 saturated heterocycles. The van der Waals surface area contributed by atoms with Crippen molar-refractivity contribution in [2.45, 2.75) is 32.4 Å². The van der Waals surface area contributed by atoms with E-state index in [0.717, 1.165) is 22.6 Å². The monoisotopic (exact) mass is 320 g/mol. The van der Waals surface area contributed by atoms with Gasteiger partial charge in [0, 0.05) is 12.1 Å². The number of cyclic esters (lactones) is 1. The summed E-state index contributed by atoms with van der Waals surface area (Å²) in [5.41, 5.74) is 5.84. The Bertz CT molecular complexity index is 824. The molecule has 0 saturated carbocycles. The van der Waals surface area contributed by atoms with Gasteiger partial charge in [0.25, 0.3) is 0 Å². The average molecular weight is 320 g/mol. The number of carbonyl (C=O) groups is 1. The van der Waals surface area contributed by atoms with Gasteiger partial charge in [-0.3, -0.25) is 0 Å². The van der Waals surface area contributed by atoms with Gasteiger partial charge in [0.2, 0.25) is 0 Å². The van der Waals surface area contributed by atoms with Crippen LogP contribution in [0.5, 0.6) is 0 Å². The van der Waals surface area contributed by atoms with E-state index in [1.807, 2.05) is 31.2 Å². The number of hydrogen-bond acceptors (Lipinski definition) is 4. The lowest BCUT2D eigenvalue weighted by atomic mass is 9.93. The Morgan fingerprint density at radius 3 is 2.50 bits per heavy atom. The first-order valence-corrected chi connectivity index (χ1v) is 8.25. The highest BCUT2D eigenvalue weighted by atomic mass is 16.5. The first-order chi connectivity index (χ1) is 11.6. The number of ether oxygens (including phenoxy) is 1. The zero-order valence-electron chi connectivity index (χ0n) is 13.8. The second-order valence-electron chi connectivity index (χ2n) is 6.47. The Labute approximate surface area is 141 Å². The number of hydrogen-bond donors (Lipinski definition) is 2. The lowest BCUT2D eigenvalue weighted by molar-refractivity contribution is -0.145. The van der Waals surface area contributed by atoms with Crippen LogP contribution in [-0.4, -0.2) is 12.1 Å². The summed E-state index contributed by atoms with van der Waals surface area (Å²) < 4.78 is 5.51. The highest BCUT2D eigenvalue weighted by Crippen LogP contribution is 2.40. The van der Waals surface area contributed by atoms with Gasteiger partial charge in [0.05, 0.1) is 23.0 Å². The summed E-state index contributed by atoms with van der Waals surface area (Å²) >= 11 is 0. The van der Waals surface area contributed by atoms with E-state index < -0.39 is 0 Å². The van der Waals surface area contributed by atoms with Crippen LogP contribution < -0.4 is 10.6 Å². The molecule has 0 aliphatic carbocycles. The van der Waals surface area contributed by atoms with Crippen molar-refractivity contribution < 1.29 is 9.53 Å². The van der Waals surface area contributed by atoms with E-state index in [1.165, 1.54) is 5.56 Å². The Morgan fingerprint density at radius 2 is 1.75 bits per heavy atom. The molecule has 0 fully saturated rings. The molecule has 2 aromatic rings. The minimum atomic E-state index is -0.248. The van der Waals surface area contributed by atoms with Crippen LogP contribution in [-0.2, 0) is 9.53 Å². The number of rotatable bonds is 1. The lowest BCUT2D eigenvalue weighted by Crippen LogP contribution is -2.30. The first-order valence-electron chi connectivity index (χ1n) is 8.25. The molecule has 2 aliphatic heterocycles. The van der Waals surface area contributed by atoms with Gasteiger partial charge in [0.1, 0.15) is 6.10 Å². The van der Waals surface area contributed by atoms with E-state index in [-0.39, 0.29) is 18.1 Å². The summed E-state index contributed by atoms with van der Waals surface area (Å²) in [5, 5.41) is 6.97. The molecule has 122 valence electrons. The number of nitrogens with one attached hydrogen (secondary N) is 2. The predicted octanol–water partition coefficient (Wildman–Crippen LogP) is 4.16. The quantitative estimate of drug-likeness (QED) is 0.775. The second-order valence-corrected chi connectivity index (χ2v) is 6.47. The van der Waals surface area contributed by atoms with Crippen LogP contribution in [0.25, 0.3) is 0 Å². The Morgan fingerprint density at radius 1 is 1.04 bits per heavy atom. The van der Waals surface area contributed by atoms with Crippen molar-refractivity contribution in [2.24, 2.45) is 0 Å². The van der Waals surface area contributed by atoms with Crippen molar-refractivity contribution in [2.75, 3.05) is 10.6 Å². The van der Waals surface area contributed by atoms with E-state index in [9.17, 15) is 4.79 Å². The maximum absolute atomic E-state index is 12.6. The normalized spacial score (nSPS) is 22.5. The number of esters is 1. The molecule has 0 unspecified atom stereocenters. The zero-order chi connectivity index (χ0) is 16.7. The SMILES string of the molecule is Cc1ccc([C@@H]2Nc3ccccc3NC3=C2C(=O)O[C@@H](C)C3)cc1. The second kappa shape index (κ2) is 5.71. The fraction of sp³-hybridized carbons (Fsp3) is 0.250. The van der Waals surface area contributed by atoms with E-state index in [0.29, 0.717) is 12.0 Å². The molecule has 2 aromatic carbocycles. The van der Waals surface area contributed by atoms with Crippen molar-refractivity contribution in [3.63, 3.8) is 0 Å². The van der Waals surface area contributed by atoms with Crippen molar-refractivity contribution in [3.8, 4) is 0 Å². The fourth-order valence-electron chi connectivity index (χ4n) is 3.34. The smallest absolute Gasteiger partial charge is 0.338 e. The van der Waals surface area contributed by atoms with Gasteiger partial charge in [-0.2, -0.15) is 0 Å². The highest BCUT2D eigenvalue weighted by Gasteiger charge is 2.35. The summed E-state index contributed by atoms with van der Waals surface area (Å²) in [5.74, 6) is -0.248. The Hall–Kier alpha value is -2.75. The highest BCUT2D eigenvalue weighted by molar-refractivity contribution is 5.95. The third-order valence-corrected chi connectivity index (χ3v) is 4.56. The number of anilines is 2.